The van der Waals surface area contributed by atoms with Crippen LogP contribution in [0.5, 0.6) is 11.5 Å². The third-order valence-electron chi connectivity index (χ3n) is 8.14. The third-order valence-corrected chi connectivity index (χ3v) is 8.14. The summed E-state index contributed by atoms with van der Waals surface area (Å²) in [6.45, 7) is 26.7. The fourth-order valence-corrected chi connectivity index (χ4v) is 5.37. The average molecular weight is 561 g/mol. The van der Waals surface area contributed by atoms with Gasteiger partial charge in [-0.3, -0.25) is 4.99 Å². The average Bonchev–Trinajstić information content (AvgIpc) is 2.85. The smallest absolute Gasteiger partial charge is 0.230 e. The molecule has 0 spiro atoms. The number of nitrogens with zero attached hydrogens (tertiary/aromatic N) is 1. The number of aliphatic imine (C=N–C) groups is 1. The second-order valence-corrected chi connectivity index (χ2v) is 16.0. The maximum absolute atomic E-state index is 8.21. The van der Waals surface area contributed by atoms with Gasteiger partial charge in [0.2, 0.25) is 6.79 Å². The van der Waals surface area contributed by atoms with Crippen molar-refractivity contribution in [2.24, 2.45) is 4.99 Å². The topological polar surface area (TPSA) is 54.7 Å². The van der Waals surface area contributed by atoms with Gasteiger partial charge in [0.25, 0.3) is 0 Å². The van der Waals surface area contributed by atoms with E-state index in [0.717, 1.165) is 46.6 Å². The van der Waals surface area contributed by atoms with E-state index in [2.05, 4.69) is 114 Å². The highest BCUT2D eigenvalue weighted by Crippen LogP contribution is 2.40. The van der Waals surface area contributed by atoms with E-state index < -0.39 is 0 Å². The van der Waals surface area contributed by atoms with Gasteiger partial charge in [-0.25, -0.2) is 0 Å². The lowest BCUT2D eigenvalue weighted by atomic mass is 9.79. The number of hydrogen-bond acceptors (Lipinski definition) is 4. The van der Waals surface area contributed by atoms with Crippen molar-refractivity contribution in [1.29, 1.82) is 5.41 Å². The summed E-state index contributed by atoms with van der Waals surface area (Å²) in [6, 6.07) is 9.25. The molecule has 0 amide bonds. The molecule has 1 fully saturated rings. The second kappa shape index (κ2) is 12.3. The molecule has 4 nitrogen and oxygen atoms in total. The molecule has 0 atom stereocenters. The first kappa shape index (κ1) is 32.9. The molecule has 2 aromatic rings. The molecule has 0 heterocycles. The second-order valence-electron chi connectivity index (χ2n) is 16.0. The van der Waals surface area contributed by atoms with Crippen LogP contribution in [0.1, 0.15) is 149 Å². The molecule has 1 aliphatic rings. The Labute approximate surface area is 250 Å². The fraction of sp³-hybridized carbons (Fsp3) is 0.622. The number of rotatable bonds is 7. The monoisotopic (exact) mass is 560 g/mol. The van der Waals surface area contributed by atoms with Gasteiger partial charge in [-0.05, 0) is 57.8 Å². The summed E-state index contributed by atoms with van der Waals surface area (Å²) < 4.78 is 13.0. The summed E-state index contributed by atoms with van der Waals surface area (Å²) in [6.07, 6.45) is 9.61. The molecule has 0 unspecified atom stereocenters. The molecule has 0 aliphatic heterocycles. The number of nitrogens with one attached hydrogen (secondary N) is 1. The maximum Gasteiger partial charge on any atom is 0.230 e. The quantitative estimate of drug-likeness (QED) is 0.270. The van der Waals surface area contributed by atoms with Gasteiger partial charge in [-0.2, -0.15) is 0 Å². The predicted octanol–water partition coefficient (Wildman–Crippen LogP) is 10.0. The number of ether oxygens (including phenoxy) is 2. The lowest BCUT2D eigenvalue weighted by molar-refractivity contribution is 0.115. The van der Waals surface area contributed by atoms with Crippen molar-refractivity contribution in [1.82, 2.24) is 0 Å². The molecule has 2 aromatic carbocycles. The van der Waals surface area contributed by atoms with Gasteiger partial charge in [0.05, 0.1) is 0 Å². The standard InChI is InChI=1S/C37H56N2O2/c1-34(2,3)27-18-25(22-38)32(30(20-27)36(7,8)9)40-24-41-33-26(23-39-29-16-14-13-15-17-29)19-28(35(4,5)6)21-31(33)37(10,11)12/h18-23,29,38H,13-17,24H2,1-12H3. The summed E-state index contributed by atoms with van der Waals surface area (Å²) in [7, 11) is 0. The summed E-state index contributed by atoms with van der Waals surface area (Å²) in [4.78, 5) is 5.06. The van der Waals surface area contributed by atoms with Crippen LogP contribution in [0.3, 0.4) is 0 Å². The van der Waals surface area contributed by atoms with Crippen LogP contribution in [0.4, 0.5) is 0 Å². The van der Waals surface area contributed by atoms with Crippen LogP contribution in [0.2, 0.25) is 0 Å². The van der Waals surface area contributed by atoms with Crippen molar-refractivity contribution in [2.45, 2.75) is 143 Å². The van der Waals surface area contributed by atoms with Gasteiger partial charge >= 0.3 is 0 Å². The molecule has 1 saturated carbocycles. The van der Waals surface area contributed by atoms with E-state index in [1.807, 2.05) is 0 Å². The van der Waals surface area contributed by atoms with Gasteiger partial charge in [-0.1, -0.05) is 114 Å². The number of benzene rings is 2. The van der Waals surface area contributed by atoms with Crippen molar-refractivity contribution in [3.8, 4) is 11.5 Å². The highest BCUT2D eigenvalue weighted by Gasteiger charge is 2.28. The van der Waals surface area contributed by atoms with Crippen molar-refractivity contribution >= 4 is 12.4 Å². The lowest BCUT2D eigenvalue weighted by Crippen LogP contribution is -2.22. The minimum absolute atomic E-state index is 0.00225. The van der Waals surface area contributed by atoms with E-state index in [9.17, 15) is 0 Å². The molecular weight excluding hydrogens is 504 g/mol. The molecule has 3 rings (SSSR count). The molecule has 0 radical (unpaired) electrons. The molecule has 1 N–H and O–H groups in total. The highest BCUT2D eigenvalue weighted by atomic mass is 16.7. The Morgan fingerprint density at radius 2 is 1.10 bits per heavy atom. The van der Waals surface area contributed by atoms with Gasteiger partial charge < -0.3 is 14.9 Å². The molecule has 41 heavy (non-hydrogen) atoms. The molecule has 4 heteroatoms. The zero-order valence-corrected chi connectivity index (χ0v) is 28.0. The van der Waals surface area contributed by atoms with Gasteiger partial charge in [0.1, 0.15) is 11.5 Å². The van der Waals surface area contributed by atoms with E-state index in [1.165, 1.54) is 36.6 Å². The first-order valence-corrected chi connectivity index (χ1v) is 15.5. The molecular formula is C37H56N2O2. The van der Waals surface area contributed by atoms with Crippen LogP contribution in [0.25, 0.3) is 0 Å². The van der Waals surface area contributed by atoms with Crippen LogP contribution < -0.4 is 9.47 Å². The van der Waals surface area contributed by atoms with Crippen LogP contribution in [-0.4, -0.2) is 25.3 Å². The van der Waals surface area contributed by atoms with E-state index in [1.54, 1.807) is 0 Å². The van der Waals surface area contributed by atoms with E-state index in [0.29, 0.717) is 6.04 Å². The zero-order valence-electron chi connectivity index (χ0n) is 28.0. The molecule has 226 valence electrons. The molecule has 1 aliphatic carbocycles. The van der Waals surface area contributed by atoms with Crippen LogP contribution in [0, 0.1) is 5.41 Å². The molecule has 0 saturated heterocycles. The Kier molecular flexibility index (Phi) is 9.88. The van der Waals surface area contributed by atoms with Gasteiger partial charge in [-0.15, -0.1) is 0 Å². The summed E-state index contributed by atoms with van der Waals surface area (Å²) in [5.41, 5.74) is 6.20. The Morgan fingerprint density at radius 3 is 1.51 bits per heavy atom. The van der Waals surface area contributed by atoms with Crippen molar-refractivity contribution in [3.05, 3.63) is 57.6 Å². The summed E-state index contributed by atoms with van der Waals surface area (Å²) >= 11 is 0. The minimum atomic E-state index is -0.156. The van der Waals surface area contributed by atoms with E-state index in [-0.39, 0.29) is 28.5 Å². The fourth-order valence-electron chi connectivity index (χ4n) is 5.37. The lowest BCUT2D eigenvalue weighted by Gasteiger charge is -2.30. The Balaban J connectivity index is 2.06. The molecule has 0 aromatic heterocycles. The SMILES string of the molecule is CC(C)(C)c1cc(C=N)c(OCOc2c(C=NC3CCCCC3)cc(C(C)(C)C)cc2C(C)(C)C)c(C(C)(C)C)c1. The van der Waals surface area contributed by atoms with Crippen molar-refractivity contribution in [3.63, 3.8) is 0 Å². The predicted molar refractivity (Wildman–Crippen MR) is 176 cm³/mol. The van der Waals surface area contributed by atoms with E-state index in [4.69, 9.17) is 19.9 Å². The normalized spacial score (nSPS) is 15.8. The van der Waals surface area contributed by atoms with Crippen molar-refractivity contribution in [2.75, 3.05) is 6.79 Å². The maximum atomic E-state index is 8.21. The zero-order chi connectivity index (χ0) is 30.8. The first-order chi connectivity index (χ1) is 18.8. The van der Waals surface area contributed by atoms with Crippen molar-refractivity contribution < 1.29 is 9.47 Å². The molecule has 0 bridgehead atoms. The Hall–Kier alpha value is -2.62. The highest BCUT2D eigenvalue weighted by molar-refractivity contribution is 5.85. The largest absolute Gasteiger partial charge is 0.456 e. The summed E-state index contributed by atoms with van der Waals surface area (Å²) in [5, 5.41) is 8.21. The van der Waals surface area contributed by atoms with E-state index >= 15 is 0 Å². The van der Waals surface area contributed by atoms with Crippen LogP contribution in [-0.2, 0) is 21.7 Å². The van der Waals surface area contributed by atoms with Crippen LogP contribution >= 0.6 is 0 Å². The Bertz CT molecular complexity index is 1240. The Morgan fingerprint density at radius 1 is 0.659 bits per heavy atom. The van der Waals surface area contributed by atoms with Gasteiger partial charge in [0.15, 0.2) is 0 Å². The first-order valence-electron chi connectivity index (χ1n) is 15.5. The van der Waals surface area contributed by atoms with Crippen LogP contribution in [0.15, 0.2) is 29.3 Å². The van der Waals surface area contributed by atoms with Gasteiger partial charge in [0, 0.05) is 40.7 Å². The minimum Gasteiger partial charge on any atom is -0.456 e. The summed E-state index contributed by atoms with van der Waals surface area (Å²) in [5.74, 6) is 1.56. The third kappa shape index (κ3) is 8.46. The number of hydrogen-bond donors (Lipinski definition) is 1.